The molecule has 0 atom stereocenters. The van der Waals surface area contributed by atoms with E-state index in [1.54, 1.807) is 0 Å². The lowest BCUT2D eigenvalue weighted by Gasteiger charge is -2.33. The molecule has 2 saturated heterocycles. The number of carbonyl (C=O) groups is 1. The van der Waals surface area contributed by atoms with E-state index in [0.717, 1.165) is 39.0 Å². The molecule has 0 radical (unpaired) electrons. The van der Waals surface area contributed by atoms with Crippen LogP contribution in [0.15, 0.2) is 0 Å². The van der Waals surface area contributed by atoms with Gasteiger partial charge >= 0.3 is 6.03 Å². The maximum Gasteiger partial charge on any atom is 0.317 e. The van der Waals surface area contributed by atoms with Gasteiger partial charge in [-0.05, 0) is 19.3 Å². The van der Waals surface area contributed by atoms with Gasteiger partial charge in [0.1, 0.15) is 0 Å². The van der Waals surface area contributed by atoms with Crippen molar-refractivity contribution in [1.82, 2.24) is 15.5 Å². The first kappa shape index (κ1) is 8.81. The summed E-state index contributed by atoms with van der Waals surface area (Å²) in [7, 11) is 0. The summed E-state index contributed by atoms with van der Waals surface area (Å²) in [4.78, 5) is 13.5. The molecule has 4 nitrogen and oxygen atoms in total. The van der Waals surface area contributed by atoms with Crippen molar-refractivity contribution in [1.29, 1.82) is 0 Å². The third kappa shape index (κ3) is 2.12. The lowest BCUT2D eigenvalue weighted by molar-refractivity contribution is 0.178. The third-order valence-electron chi connectivity index (χ3n) is 2.75. The van der Waals surface area contributed by atoms with E-state index in [-0.39, 0.29) is 6.03 Å². The van der Waals surface area contributed by atoms with Crippen LogP contribution in [0.2, 0.25) is 0 Å². The zero-order chi connectivity index (χ0) is 9.10. The maximum atomic E-state index is 11.6. The van der Waals surface area contributed by atoms with Crippen LogP contribution in [-0.4, -0.2) is 43.2 Å². The van der Waals surface area contributed by atoms with Crippen molar-refractivity contribution >= 4 is 6.03 Å². The summed E-state index contributed by atoms with van der Waals surface area (Å²) in [6, 6.07) is 0.501. The molecule has 4 heteroatoms. The van der Waals surface area contributed by atoms with Crippen LogP contribution in [0, 0.1) is 0 Å². The van der Waals surface area contributed by atoms with E-state index in [1.807, 2.05) is 4.90 Å². The standard InChI is InChI=1S/C9H17N3O/c13-9(11-8-6-10-7-8)12-4-2-1-3-5-12/h8,10H,1-7H2,(H,11,13). The number of amides is 2. The number of piperidine rings is 1. The number of likely N-dealkylation sites (tertiary alicyclic amines) is 1. The number of hydrogen-bond acceptors (Lipinski definition) is 2. The third-order valence-corrected chi connectivity index (χ3v) is 2.75. The molecule has 13 heavy (non-hydrogen) atoms. The van der Waals surface area contributed by atoms with Crippen molar-refractivity contribution in [3.05, 3.63) is 0 Å². The quantitative estimate of drug-likeness (QED) is 0.608. The molecule has 0 aliphatic carbocycles. The fraction of sp³-hybridized carbons (Fsp3) is 0.889. The first-order valence-electron chi connectivity index (χ1n) is 5.12. The van der Waals surface area contributed by atoms with Crippen LogP contribution in [0.1, 0.15) is 19.3 Å². The van der Waals surface area contributed by atoms with Crippen molar-refractivity contribution in [3.8, 4) is 0 Å². The second-order valence-electron chi connectivity index (χ2n) is 3.85. The van der Waals surface area contributed by atoms with Crippen molar-refractivity contribution in [2.75, 3.05) is 26.2 Å². The van der Waals surface area contributed by atoms with Crippen LogP contribution in [0.4, 0.5) is 4.79 Å². The molecule has 2 fully saturated rings. The average Bonchev–Trinajstić information content (AvgIpc) is 2.12. The highest BCUT2D eigenvalue weighted by Crippen LogP contribution is 2.08. The molecule has 2 aliphatic heterocycles. The van der Waals surface area contributed by atoms with Crippen LogP contribution in [0.25, 0.3) is 0 Å². The van der Waals surface area contributed by atoms with Crippen LogP contribution < -0.4 is 10.6 Å². The van der Waals surface area contributed by atoms with Gasteiger partial charge in [-0.3, -0.25) is 0 Å². The molecule has 0 spiro atoms. The molecule has 2 amide bonds. The first-order valence-corrected chi connectivity index (χ1v) is 5.12. The summed E-state index contributed by atoms with van der Waals surface area (Å²) in [5.74, 6) is 0. The Balaban J connectivity index is 1.74. The number of nitrogens with one attached hydrogen (secondary N) is 2. The zero-order valence-corrected chi connectivity index (χ0v) is 7.88. The van der Waals surface area contributed by atoms with E-state index >= 15 is 0 Å². The molecule has 0 saturated carbocycles. The second kappa shape index (κ2) is 3.96. The van der Waals surface area contributed by atoms with Gasteiger partial charge in [0.15, 0.2) is 0 Å². The van der Waals surface area contributed by atoms with Gasteiger partial charge in [-0.25, -0.2) is 4.79 Å². The van der Waals surface area contributed by atoms with Crippen LogP contribution in [-0.2, 0) is 0 Å². The van der Waals surface area contributed by atoms with Crippen molar-refractivity contribution in [3.63, 3.8) is 0 Å². The van der Waals surface area contributed by atoms with E-state index in [4.69, 9.17) is 0 Å². The molecule has 0 aromatic heterocycles. The Labute approximate surface area is 78.7 Å². The van der Waals surface area contributed by atoms with Crippen LogP contribution >= 0.6 is 0 Å². The number of rotatable bonds is 1. The second-order valence-corrected chi connectivity index (χ2v) is 3.85. The van der Waals surface area contributed by atoms with E-state index in [1.165, 1.54) is 6.42 Å². The van der Waals surface area contributed by atoms with Gasteiger partial charge in [-0.15, -0.1) is 0 Å². The number of urea groups is 1. The molecule has 2 N–H and O–H groups in total. The lowest BCUT2D eigenvalue weighted by atomic mass is 10.1. The zero-order valence-electron chi connectivity index (χ0n) is 7.88. The minimum Gasteiger partial charge on any atom is -0.333 e. The highest BCUT2D eigenvalue weighted by Gasteiger charge is 2.22. The molecule has 2 aliphatic rings. The van der Waals surface area contributed by atoms with Gasteiger partial charge in [-0.2, -0.15) is 0 Å². The van der Waals surface area contributed by atoms with Crippen molar-refractivity contribution in [2.24, 2.45) is 0 Å². The molecule has 74 valence electrons. The summed E-state index contributed by atoms with van der Waals surface area (Å²) >= 11 is 0. The SMILES string of the molecule is O=C(NC1CNC1)N1CCCCC1. The van der Waals surface area contributed by atoms with Gasteiger partial charge in [0.25, 0.3) is 0 Å². The Morgan fingerprint density at radius 2 is 1.92 bits per heavy atom. The predicted molar refractivity (Wildman–Crippen MR) is 50.6 cm³/mol. The van der Waals surface area contributed by atoms with Crippen LogP contribution in [0.5, 0.6) is 0 Å². The van der Waals surface area contributed by atoms with Crippen LogP contribution in [0.3, 0.4) is 0 Å². The van der Waals surface area contributed by atoms with E-state index in [9.17, 15) is 4.79 Å². The summed E-state index contributed by atoms with van der Waals surface area (Å²) in [6.45, 7) is 3.73. The number of carbonyl (C=O) groups excluding carboxylic acids is 1. The molecule has 2 rings (SSSR count). The molecular weight excluding hydrogens is 166 g/mol. The molecule has 2 heterocycles. The summed E-state index contributed by atoms with van der Waals surface area (Å²) < 4.78 is 0. The normalized spacial score (nSPS) is 23.8. The van der Waals surface area contributed by atoms with E-state index in [0.29, 0.717) is 6.04 Å². The molecular formula is C9H17N3O. The number of nitrogens with zero attached hydrogens (tertiary/aromatic N) is 1. The van der Waals surface area contributed by atoms with Gasteiger partial charge in [0, 0.05) is 26.2 Å². The Bertz CT molecular complexity index is 185. The summed E-state index contributed by atoms with van der Waals surface area (Å²) in [5, 5.41) is 6.15. The smallest absolute Gasteiger partial charge is 0.317 e. The molecule has 0 bridgehead atoms. The minimum absolute atomic E-state index is 0.131. The Morgan fingerprint density at radius 3 is 2.46 bits per heavy atom. The summed E-state index contributed by atoms with van der Waals surface area (Å²) in [6.07, 6.45) is 3.60. The molecule has 0 unspecified atom stereocenters. The monoisotopic (exact) mass is 183 g/mol. The lowest BCUT2D eigenvalue weighted by Crippen LogP contribution is -2.59. The predicted octanol–water partition coefficient (Wildman–Crippen LogP) is 0.154. The summed E-state index contributed by atoms with van der Waals surface area (Å²) in [5.41, 5.74) is 0. The Kier molecular flexibility index (Phi) is 2.68. The van der Waals surface area contributed by atoms with E-state index < -0.39 is 0 Å². The average molecular weight is 183 g/mol. The van der Waals surface area contributed by atoms with Gasteiger partial charge < -0.3 is 15.5 Å². The van der Waals surface area contributed by atoms with Crippen molar-refractivity contribution in [2.45, 2.75) is 25.3 Å². The largest absolute Gasteiger partial charge is 0.333 e. The maximum absolute atomic E-state index is 11.6. The first-order chi connectivity index (χ1) is 6.36. The Hall–Kier alpha value is -0.770. The fourth-order valence-corrected chi connectivity index (χ4v) is 1.75. The van der Waals surface area contributed by atoms with Gasteiger partial charge in [0.2, 0.25) is 0 Å². The van der Waals surface area contributed by atoms with Gasteiger partial charge in [0.05, 0.1) is 6.04 Å². The molecule has 0 aromatic carbocycles. The number of hydrogen-bond donors (Lipinski definition) is 2. The van der Waals surface area contributed by atoms with Crippen molar-refractivity contribution < 1.29 is 4.79 Å². The molecule has 0 aromatic rings. The minimum atomic E-state index is 0.131. The van der Waals surface area contributed by atoms with Gasteiger partial charge in [-0.1, -0.05) is 0 Å². The highest BCUT2D eigenvalue weighted by molar-refractivity contribution is 5.74. The topological polar surface area (TPSA) is 44.4 Å². The highest BCUT2D eigenvalue weighted by atomic mass is 16.2. The fourth-order valence-electron chi connectivity index (χ4n) is 1.75. The van der Waals surface area contributed by atoms with E-state index in [2.05, 4.69) is 10.6 Å². The Morgan fingerprint density at radius 1 is 1.23 bits per heavy atom.